The number of hydrogen-bond acceptors (Lipinski definition) is 3. The Morgan fingerprint density at radius 1 is 1.25 bits per heavy atom. The van der Waals surface area contributed by atoms with Crippen LogP contribution in [0.15, 0.2) is 39.9 Å². The smallest absolute Gasteiger partial charge is 0.265 e. The van der Waals surface area contributed by atoms with E-state index >= 15 is 0 Å². The number of nitrogens with one attached hydrogen (secondary N) is 1. The van der Waals surface area contributed by atoms with Crippen LogP contribution in [0.4, 0.5) is 4.39 Å². The first kappa shape index (κ1) is 13.8. The van der Waals surface area contributed by atoms with Crippen LogP contribution in [-0.4, -0.2) is 16.3 Å². The topological polar surface area (TPSA) is 80.9 Å². The van der Waals surface area contributed by atoms with Gasteiger partial charge in [-0.3, -0.25) is 14.7 Å². The van der Waals surface area contributed by atoms with Gasteiger partial charge in [0.1, 0.15) is 5.82 Å². The number of benzene rings is 1. The van der Waals surface area contributed by atoms with E-state index in [9.17, 15) is 14.0 Å². The Morgan fingerprint density at radius 2 is 2.05 bits per heavy atom. The summed E-state index contributed by atoms with van der Waals surface area (Å²) in [6.45, 7) is 0.252. The molecule has 0 fully saturated rings. The van der Waals surface area contributed by atoms with Gasteiger partial charge < -0.3 is 5.73 Å². The Bertz CT molecular complexity index is 796. The summed E-state index contributed by atoms with van der Waals surface area (Å²) in [7, 11) is 0. The van der Waals surface area contributed by atoms with E-state index in [1.165, 1.54) is 24.3 Å². The van der Waals surface area contributed by atoms with Gasteiger partial charge in [-0.2, -0.15) is 0 Å². The van der Waals surface area contributed by atoms with Crippen LogP contribution >= 0.6 is 0 Å². The normalized spacial score (nSPS) is 9.90. The third-order valence-corrected chi connectivity index (χ3v) is 2.61. The molecule has 2 rings (SSSR count). The molecule has 0 unspecified atom stereocenters. The first-order valence-corrected chi connectivity index (χ1v) is 5.87. The van der Waals surface area contributed by atoms with E-state index < -0.39 is 5.82 Å². The minimum atomic E-state index is -0.427. The third kappa shape index (κ3) is 3.22. The molecule has 1 aromatic carbocycles. The molecule has 0 amide bonds. The number of nitrogens with zero attached hydrogens (tertiary/aromatic N) is 1. The van der Waals surface area contributed by atoms with Gasteiger partial charge in [0.05, 0.1) is 13.1 Å². The van der Waals surface area contributed by atoms with Gasteiger partial charge in [0.25, 0.3) is 11.1 Å². The van der Waals surface area contributed by atoms with Crippen molar-refractivity contribution in [3.8, 4) is 11.8 Å². The number of aromatic nitrogens is 2. The summed E-state index contributed by atoms with van der Waals surface area (Å²) in [4.78, 5) is 22.9. The lowest BCUT2D eigenvalue weighted by molar-refractivity contribution is 0.613. The molecule has 0 saturated carbocycles. The Hall–Kier alpha value is -2.65. The highest BCUT2D eigenvalue weighted by Gasteiger charge is 2.05. The zero-order valence-electron chi connectivity index (χ0n) is 10.5. The monoisotopic (exact) mass is 273 g/mol. The molecule has 0 aliphatic rings. The second-order valence-corrected chi connectivity index (χ2v) is 4.04. The predicted molar refractivity (Wildman–Crippen MR) is 72.8 cm³/mol. The number of H-pyrrole nitrogens is 1. The first-order valence-electron chi connectivity index (χ1n) is 5.87. The number of hydrogen-bond donors (Lipinski definition) is 2. The fraction of sp³-hybridized carbons (Fsp3) is 0.143. The number of aromatic amines is 1. The summed E-state index contributed by atoms with van der Waals surface area (Å²) >= 11 is 0. The largest absolute Gasteiger partial charge is 0.320 e. The molecule has 2 aromatic rings. The number of nitrogens with two attached hydrogens (primary N) is 1. The van der Waals surface area contributed by atoms with Crippen molar-refractivity contribution in [3.05, 3.63) is 68.0 Å². The van der Waals surface area contributed by atoms with Gasteiger partial charge in [-0.25, -0.2) is 9.07 Å². The average Bonchev–Trinajstić information content (AvgIpc) is 2.43. The van der Waals surface area contributed by atoms with Crippen LogP contribution in [0.3, 0.4) is 0 Å². The summed E-state index contributed by atoms with van der Waals surface area (Å²) < 4.78 is 14.4. The van der Waals surface area contributed by atoms with Gasteiger partial charge in [0, 0.05) is 17.7 Å². The molecule has 0 spiro atoms. The maximum absolute atomic E-state index is 13.2. The van der Waals surface area contributed by atoms with E-state index in [4.69, 9.17) is 5.73 Å². The summed E-state index contributed by atoms with van der Waals surface area (Å²) in [5, 5.41) is 2.40. The molecule has 6 heteroatoms. The molecule has 1 heterocycles. The maximum Gasteiger partial charge on any atom is 0.265 e. The zero-order chi connectivity index (χ0) is 14.5. The van der Waals surface area contributed by atoms with Gasteiger partial charge in [-0.05, 0) is 17.7 Å². The quantitative estimate of drug-likeness (QED) is 0.758. The first-order chi connectivity index (χ1) is 9.60. The van der Waals surface area contributed by atoms with Crippen molar-refractivity contribution >= 4 is 0 Å². The van der Waals surface area contributed by atoms with E-state index in [0.29, 0.717) is 11.1 Å². The maximum atomic E-state index is 13.2. The van der Waals surface area contributed by atoms with Gasteiger partial charge in [-0.15, -0.1) is 0 Å². The van der Waals surface area contributed by atoms with Crippen LogP contribution in [0, 0.1) is 17.7 Å². The molecular weight excluding hydrogens is 261 g/mol. The second kappa shape index (κ2) is 5.99. The fourth-order valence-electron chi connectivity index (χ4n) is 1.70. The van der Waals surface area contributed by atoms with Crippen molar-refractivity contribution in [2.45, 2.75) is 6.54 Å². The van der Waals surface area contributed by atoms with Crippen molar-refractivity contribution in [3.63, 3.8) is 0 Å². The van der Waals surface area contributed by atoms with Crippen molar-refractivity contribution in [2.75, 3.05) is 6.54 Å². The molecule has 0 aliphatic heterocycles. The molecule has 0 atom stereocenters. The lowest BCUT2D eigenvalue weighted by Crippen LogP contribution is -2.28. The summed E-state index contributed by atoms with van der Waals surface area (Å²) in [6, 6.07) is 6.39. The Morgan fingerprint density at radius 3 is 2.80 bits per heavy atom. The minimum Gasteiger partial charge on any atom is -0.320 e. The lowest BCUT2D eigenvalue weighted by Gasteiger charge is -2.07. The minimum absolute atomic E-state index is 0.101. The molecule has 0 saturated heterocycles. The van der Waals surface area contributed by atoms with E-state index in [0.717, 1.165) is 10.7 Å². The number of halogens is 1. The molecule has 0 bridgehead atoms. The van der Waals surface area contributed by atoms with E-state index in [2.05, 4.69) is 16.9 Å². The Kier molecular flexibility index (Phi) is 4.13. The van der Waals surface area contributed by atoms with E-state index in [1.54, 1.807) is 0 Å². The van der Waals surface area contributed by atoms with Crippen LogP contribution in [0.1, 0.15) is 11.1 Å². The molecule has 1 aromatic heterocycles. The highest BCUT2D eigenvalue weighted by atomic mass is 19.1. The summed E-state index contributed by atoms with van der Waals surface area (Å²) in [6.07, 6.45) is 0. The highest BCUT2D eigenvalue weighted by molar-refractivity contribution is 5.42. The highest BCUT2D eigenvalue weighted by Crippen LogP contribution is 2.11. The third-order valence-electron chi connectivity index (χ3n) is 2.61. The van der Waals surface area contributed by atoms with Crippen LogP contribution in [0.2, 0.25) is 0 Å². The van der Waals surface area contributed by atoms with Crippen molar-refractivity contribution in [2.24, 2.45) is 5.73 Å². The molecule has 102 valence electrons. The molecule has 5 nitrogen and oxygen atoms in total. The van der Waals surface area contributed by atoms with E-state index in [-0.39, 0.29) is 24.2 Å². The standard InChI is InChI=1S/C14H12FN3O2/c15-12-4-3-11(10(8-12)2-1-7-16)9-18-14(20)6-5-13(19)17-18/h3-6,8H,7,9,16H2,(H,17,19). The van der Waals surface area contributed by atoms with Crippen LogP contribution in [0.5, 0.6) is 0 Å². The van der Waals surface area contributed by atoms with Crippen LogP contribution in [-0.2, 0) is 6.54 Å². The molecular formula is C14H12FN3O2. The molecule has 20 heavy (non-hydrogen) atoms. The van der Waals surface area contributed by atoms with Crippen LogP contribution in [0.25, 0.3) is 0 Å². The van der Waals surface area contributed by atoms with Crippen molar-refractivity contribution < 1.29 is 4.39 Å². The van der Waals surface area contributed by atoms with Crippen molar-refractivity contribution in [1.29, 1.82) is 0 Å². The lowest BCUT2D eigenvalue weighted by atomic mass is 10.1. The Balaban J connectivity index is 2.45. The van der Waals surface area contributed by atoms with Gasteiger partial charge >= 0.3 is 0 Å². The van der Waals surface area contributed by atoms with Gasteiger partial charge in [0.2, 0.25) is 0 Å². The summed E-state index contributed by atoms with van der Waals surface area (Å²) in [5.41, 5.74) is 5.61. The van der Waals surface area contributed by atoms with Crippen LogP contribution < -0.4 is 16.9 Å². The number of rotatable bonds is 2. The zero-order valence-corrected chi connectivity index (χ0v) is 10.5. The second-order valence-electron chi connectivity index (χ2n) is 4.04. The SMILES string of the molecule is NCC#Cc1cc(F)ccc1Cn1[nH]c(=O)ccc1=O. The molecule has 0 radical (unpaired) electrons. The fourth-order valence-corrected chi connectivity index (χ4v) is 1.70. The van der Waals surface area contributed by atoms with Crippen molar-refractivity contribution in [1.82, 2.24) is 9.78 Å². The molecule has 0 aliphatic carbocycles. The Labute approximate surface area is 113 Å². The van der Waals surface area contributed by atoms with Gasteiger partial charge in [-0.1, -0.05) is 17.9 Å². The molecule has 3 N–H and O–H groups in total. The summed E-state index contributed by atoms with van der Waals surface area (Å²) in [5.74, 6) is 4.95. The van der Waals surface area contributed by atoms with Gasteiger partial charge in [0.15, 0.2) is 0 Å². The predicted octanol–water partition coefficient (Wildman–Crippen LogP) is 0.0342. The van der Waals surface area contributed by atoms with E-state index in [1.807, 2.05) is 0 Å². The average molecular weight is 273 g/mol.